The molecule has 1 aromatic carbocycles. The molecular formula is C22H35N5O2. The summed E-state index contributed by atoms with van der Waals surface area (Å²) in [5.74, 6) is 1.34. The summed E-state index contributed by atoms with van der Waals surface area (Å²) < 4.78 is 5.03. The average molecular weight is 402 g/mol. The van der Waals surface area contributed by atoms with Crippen LogP contribution in [0.1, 0.15) is 38.2 Å². The Bertz CT molecular complexity index is 654. The molecule has 3 rings (SSSR count). The highest BCUT2D eigenvalue weighted by Crippen LogP contribution is 2.32. The first-order valence-corrected chi connectivity index (χ1v) is 10.8. The molecule has 1 amide bonds. The van der Waals surface area contributed by atoms with E-state index in [1.165, 1.54) is 5.56 Å². The van der Waals surface area contributed by atoms with E-state index in [-0.39, 0.29) is 12.1 Å². The number of ether oxygens (including phenoxy) is 1. The largest absolute Gasteiger partial charge is 0.450 e. The van der Waals surface area contributed by atoms with Gasteiger partial charge in [0.1, 0.15) is 0 Å². The zero-order valence-electron chi connectivity index (χ0n) is 17.7. The maximum atomic E-state index is 11.8. The number of guanidine groups is 1. The van der Waals surface area contributed by atoms with Crippen molar-refractivity contribution in [2.75, 3.05) is 33.3 Å². The van der Waals surface area contributed by atoms with Crippen molar-refractivity contribution in [1.82, 2.24) is 20.9 Å². The van der Waals surface area contributed by atoms with E-state index < -0.39 is 0 Å². The molecule has 29 heavy (non-hydrogen) atoms. The maximum absolute atomic E-state index is 11.8. The number of rotatable bonds is 8. The van der Waals surface area contributed by atoms with Gasteiger partial charge in [0.15, 0.2) is 5.96 Å². The van der Waals surface area contributed by atoms with Crippen LogP contribution in [0.25, 0.3) is 0 Å². The lowest BCUT2D eigenvalue weighted by molar-refractivity contribution is 0.146. The monoisotopic (exact) mass is 401 g/mol. The van der Waals surface area contributed by atoms with Gasteiger partial charge in [-0.05, 0) is 44.1 Å². The van der Waals surface area contributed by atoms with Gasteiger partial charge in [-0.15, -0.1) is 0 Å². The van der Waals surface area contributed by atoms with Crippen LogP contribution in [0.15, 0.2) is 35.3 Å². The third kappa shape index (κ3) is 7.24. The normalized spacial score (nSPS) is 19.4. The lowest BCUT2D eigenvalue weighted by Crippen LogP contribution is -2.52. The SMILES string of the molecule is CCOC(=O)NC(CNC(=NC)NC1CCN(Cc2ccccc2)CC1)C1CC1. The van der Waals surface area contributed by atoms with Gasteiger partial charge in [-0.2, -0.15) is 0 Å². The Morgan fingerprint density at radius 3 is 2.55 bits per heavy atom. The van der Waals surface area contributed by atoms with Crippen LogP contribution in [0, 0.1) is 5.92 Å². The van der Waals surface area contributed by atoms with Crippen LogP contribution in [-0.4, -0.2) is 62.3 Å². The summed E-state index contributed by atoms with van der Waals surface area (Å²) in [6.07, 6.45) is 4.18. The molecule has 2 fully saturated rings. The second kappa shape index (κ2) is 11.0. The van der Waals surface area contributed by atoms with E-state index in [0.29, 0.717) is 25.1 Å². The summed E-state index contributed by atoms with van der Waals surface area (Å²) in [4.78, 5) is 18.6. The number of carbonyl (C=O) groups excluding carboxylic acids is 1. The molecule has 1 saturated carbocycles. The highest BCUT2D eigenvalue weighted by Gasteiger charge is 2.32. The average Bonchev–Trinajstić information content (AvgIpc) is 3.57. The Kier molecular flexibility index (Phi) is 8.16. The Morgan fingerprint density at radius 1 is 1.21 bits per heavy atom. The first-order valence-electron chi connectivity index (χ1n) is 10.8. The molecule has 0 radical (unpaired) electrons. The van der Waals surface area contributed by atoms with Crippen LogP contribution in [0.2, 0.25) is 0 Å². The smallest absolute Gasteiger partial charge is 0.407 e. The Hall–Kier alpha value is -2.28. The minimum absolute atomic E-state index is 0.0836. The molecule has 1 aromatic rings. The predicted octanol–water partition coefficient (Wildman–Crippen LogP) is 2.34. The van der Waals surface area contributed by atoms with Gasteiger partial charge in [-0.1, -0.05) is 30.3 Å². The Labute approximate surface area is 174 Å². The van der Waals surface area contributed by atoms with E-state index >= 15 is 0 Å². The summed E-state index contributed by atoms with van der Waals surface area (Å²) in [5, 5.41) is 9.92. The molecule has 1 saturated heterocycles. The van der Waals surface area contributed by atoms with Gasteiger partial charge in [0.05, 0.1) is 12.6 Å². The zero-order chi connectivity index (χ0) is 20.5. The van der Waals surface area contributed by atoms with Crippen molar-refractivity contribution in [3.63, 3.8) is 0 Å². The lowest BCUT2D eigenvalue weighted by atomic mass is 10.0. The second-order valence-electron chi connectivity index (χ2n) is 7.94. The van der Waals surface area contributed by atoms with Gasteiger partial charge in [-0.25, -0.2) is 4.79 Å². The fourth-order valence-corrected chi connectivity index (χ4v) is 3.83. The van der Waals surface area contributed by atoms with Crippen LogP contribution in [0.5, 0.6) is 0 Å². The summed E-state index contributed by atoms with van der Waals surface area (Å²) in [5.41, 5.74) is 1.37. The molecule has 2 aliphatic rings. The van der Waals surface area contributed by atoms with Crippen LogP contribution in [-0.2, 0) is 11.3 Å². The zero-order valence-corrected chi connectivity index (χ0v) is 17.7. The Balaban J connectivity index is 1.39. The molecule has 0 aromatic heterocycles. The minimum atomic E-state index is -0.333. The third-order valence-electron chi connectivity index (χ3n) is 5.66. The number of likely N-dealkylation sites (tertiary alicyclic amines) is 1. The molecule has 1 aliphatic heterocycles. The number of carbonyl (C=O) groups is 1. The van der Waals surface area contributed by atoms with E-state index in [1.54, 1.807) is 7.05 Å². The molecule has 0 bridgehead atoms. The van der Waals surface area contributed by atoms with Gasteiger partial charge >= 0.3 is 6.09 Å². The van der Waals surface area contributed by atoms with Crippen molar-refractivity contribution in [2.24, 2.45) is 10.9 Å². The number of benzene rings is 1. The fraction of sp³-hybridized carbons (Fsp3) is 0.636. The molecule has 3 N–H and O–H groups in total. The third-order valence-corrected chi connectivity index (χ3v) is 5.66. The van der Waals surface area contributed by atoms with Crippen molar-refractivity contribution in [3.05, 3.63) is 35.9 Å². The lowest BCUT2D eigenvalue weighted by Gasteiger charge is -2.33. The molecule has 1 heterocycles. The van der Waals surface area contributed by atoms with E-state index in [2.05, 4.69) is 56.2 Å². The first kappa shape index (κ1) is 21.4. The number of amides is 1. The summed E-state index contributed by atoms with van der Waals surface area (Å²) in [6, 6.07) is 11.2. The standard InChI is InChI=1S/C22H35N5O2/c1-3-29-22(28)26-20(18-9-10-18)15-24-21(23-2)25-19-11-13-27(14-12-19)16-17-7-5-4-6-8-17/h4-8,18-20H,3,9-16H2,1-2H3,(H,26,28)(H2,23,24,25). The van der Waals surface area contributed by atoms with Gasteiger partial charge in [-0.3, -0.25) is 9.89 Å². The number of nitrogens with zero attached hydrogens (tertiary/aromatic N) is 2. The first-order chi connectivity index (χ1) is 14.2. The van der Waals surface area contributed by atoms with Crippen LogP contribution in [0.3, 0.4) is 0 Å². The predicted molar refractivity (Wildman–Crippen MR) is 116 cm³/mol. The summed E-state index contributed by atoms with van der Waals surface area (Å²) >= 11 is 0. The van der Waals surface area contributed by atoms with Gasteiger partial charge in [0.25, 0.3) is 0 Å². The van der Waals surface area contributed by atoms with Crippen molar-refractivity contribution >= 4 is 12.1 Å². The van der Waals surface area contributed by atoms with E-state index in [0.717, 1.165) is 51.3 Å². The minimum Gasteiger partial charge on any atom is -0.450 e. The Morgan fingerprint density at radius 2 is 1.93 bits per heavy atom. The topological polar surface area (TPSA) is 78.0 Å². The maximum Gasteiger partial charge on any atom is 0.407 e. The van der Waals surface area contributed by atoms with Gasteiger partial charge in [0, 0.05) is 39.3 Å². The van der Waals surface area contributed by atoms with E-state index in [9.17, 15) is 4.79 Å². The van der Waals surface area contributed by atoms with Crippen molar-refractivity contribution in [3.8, 4) is 0 Å². The number of nitrogens with one attached hydrogen (secondary N) is 3. The molecule has 7 nitrogen and oxygen atoms in total. The van der Waals surface area contributed by atoms with Crippen LogP contribution in [0.4, 0.5) is 4.79 Å². The molecule has 1 aliphatic carbocycles. The highest BCUT2D eigenvalue weighted by molar-refractivity contribution is 5.80. The second-order valence-corrected chi connectivity index (χ2v) is 7.94. The molecule has 0 spiro atoms. The van der Waals surface area contributed by atoms with Crippen molar-refractivity contribution < 1.29 is 9.53 Å². The highest BCUT2D eigenvalue weighted by atomic mass is 16.5. The number of hydrogen-bond acceptors (Lipinski definition) is 4. The fourth-order valence-electron chi connectivity index (χ4n) is 3.83. The molecule has 1 atom stereocenters. The van der Waals surface area contributed by atoms with Crippen LogP contribution < -0.4 is 16.0 Å². The van der Waals surface area contributed by atoms with Gasteiger partial charge < -0.3 is 20.7 Å². The van der Waals surface area contributed by atoms with Crippen molar-refractivity contribution in [1.29, 1.82) is 0 Å². The van der Waals surface area contributed by atoms with E-state index in [1.807, 2.05) is 6.92 Å². The molecule has 7 heteroatoms. The van der Waals surface area contributed by atoms with Crippen molar-refractivity contribution in [2.45, 2.75) is 51.2 Å². The van der Waals surface area contributed by atoms with Gasteiger partial charge in [0.2, 0.25) is 0 Å². The molecule has 1 unspecified atom stereocenters. The van der Waals surface area contributed by atoms with E-state index in [4.69, 9.17) is 4.74 Å². The molecule has 160 valence electrons. The number of piperidine rings is 1. The number of aliphatic imine (C=N–C) groups is 1. The summed E-state index contributed by atoms with van der Waals surface area (Å²) in [6.45, 7) is 6.06. The molecular weight excluding hydrogens is 366 g/mol. The number of hydrogen-bond donors (Lipinski definition) is 3. The van der Waals surface area contributed by atoms with Crippen LogP contribution >= 0.6 is 0 Å². The quantitative estimate of drug-likeness (QED) is 0.460. The summed E-state index contributed by atoms with van der Waals surface area (Å²) in [7, 11) is 1.80. The number of alkyl carbamates (subject to hydrolysis) is 1.